The quantitative estimate of drug-likeness (QED) is 0.551. The van der Waals surface area contributed by atoms with Gasteiger partial charge in [0.2, 0.25) is 0 Å². The van der Waals surface area contributed by atoms with Crippen molar-refractivity contribution in [3.63, 3.8) is 0 Å². The smallest absolute Gasteiger partial charge is 0.256 e. The first-order chi connectivity index (χ1) is 6.56. The van der Waals surface area contributed by atoms with Crippen molar-refractivity contribution >= 4 is 64.2 Å². The Morgan fingerprint density at radius 2 is 2.00 bits per heavy atom. The fourth-order valence-corrected chi connectivity index (χ4v) is 3.76. The zero-order chi connectivity index (χ0) is 10.2. The van der Waals surface area contributed by atoms with E-state index in [4.69, 9.17) is 34.8 Å². The third-order valence-corrected chi connectivity index (χ3v) is 4.27. The molecule has 1 aliphatic rings. The van der Waals surface area contributed by atoms with E-state index in [0.29, 0.717) is 0 Å². The van der Waals surface area contributed by atoms with Gasteiger partial charge in [-0.05, 0) is 12.1 Å². The van der Waals surface area contributed by atoms with Crippen LogP contribution in [0.25, 0.3) is 0 Å². The maximum atomic E-state index is 5.72. The summed E-state index contributed by atoms with van der Waals surface area (Å²) in [7, 11) is 0. The molecule has 1 aromatic carbocycles. The summed E-state index contributed by atoms with van der Waals surface area (Å²) in [5, 5.41) is 0. The molecule has 2 rings (SSSR count). The van der Waals surface area contributed by atoms with E-state index in [9.17, 15) is 0 Å². The Morgan fingerprint density at radius 3 is 2.71 bits per heavy atom. The summed E-state index contributed by atoms with van der Waals surface area (Å²) in [6.45, 7) is 0. The number of rotatable bonds is 1. The number of thioether (sulfide) groups is 1. The predicted octanol–water partition coefficient (Wildman–Crippen LogP) is 4.53. The normalized spacial score (nSPS) is 15.8. The lowest BCUT2D eigenvalue weighted by atomic mass is 10.3. The van der Waals surface area contributed by atoms with E-state index in [-0.39, 0.29) is 0 Å². The summed E-state index contributed by atoms with van der Waals surface area (Å²) < 4.78 is 0.699. The number of benzene rings is 1. The fraction of sp³-hybridized carbons (Fsp3) is 0.250. The molecule has 0 saturated heterocycles. The van der Waals surface area contributed by atoms with Crippen LogP contribution in [0.3, 0.4) is 0 Å². The Balaban J connectivity index is 2.18. The van der Waals surface area contributed by atoms with Gasteiger partial charge in [0.25, 0.3) is 3.12 Å². The Morgan fingerprint density at radius 1 is 1.29 bits per heavy atom. The van der Waals surface area contributed by atoms with Crippen molar-refractivity contribution < 1.29 is 0 Å². The zero-order valence-corrected chi connectivity index (χ0v) is 10.8. The Hall–Kier alpha value is 0.590. The minimum absolute atomic E-state index is 0.817. The van der Waals surface area contributed by atoms with E-state index in [1.165, 1.54) is 16.8 Å². The van der Waals surface area contributed by atoms with Crippen LogP contribution < -0.4 is 4.31 Å². The summed E-state index contributed by atoms with van der Waals surface area (Å²) in [6, 6.07) is 8.09. The Kier molecular flexibility index (Phi) is 3.34. The van der Waals surface area contributed by atoms with Gasteiger partial charge in [0.15, 0.2) is 0 Å². The summed E-state index contributed by atoms with van der Waals surface area (Å²) in [5.74, 6) is 0.817. The lowest BCUT2D eigenvalue weighted by Crippen LogP contribution is -2.14. The topological polar surface area (TPSA) is 3.24 Å². The minimum Gasteiger partial charge on any atom is -0.301 e. The van der Waals surface area contributed by atoms with Crippen LogP contribution >= 0.6 is 58.5 Å². The Bertz CT molecular complexity index is 340. The van der Waals surface area contributed by atoms with E-state index in [2.05, 4.69) is 6.07 Å². The average Bonchev–Trinajstić information content (AvgIpc) is 2.47. The predicted molar refractivity (Wildman–Crippen MR) is 67.5 cm³/mol. The molecule has 14 heavy (non-hydrogen) atoms. The number of fused-ring (bicyclic) bond motifs is 1. The van der Waals surface area contributed by atoms with E-state index >= 15 is 0 Å². The highest BCUT2D eigenvalue weighted by Crippen LogP contribution is 2.49. The van der Waals surface area contributed by atoms with Crippen molar-refractivity contribution in [1.82, 2.24) is 0 Å². The lowest BCUT2D eigenvalue weighted by molar-refractivity contribution is 1.30. The molecule has 0 fully saturated rings. The third-order valence-electron chi connectivity index (χ3n) is 1.68. The first-order valence-corrected chi connectivity index (χ1v) is 6.71. The highest BCUT2D eigenvalue weighted by atomic mass is 35.6. The highest BCUT2D eigenvalue weighted by Gasteiger charge is 2.29. The van der Waals surface area contributed by atoms with Gasteiger partial charge in [-0.2, -0.15) is 0 Å². The maximum Gasteiger partial charge on any atom is 0.256 e. The van der Waals surface area contributed by atoms with Gasteiger partial charge in [-0.25, -0.2) is 0 Å². The van der Waals surface area contributed by atoms with Crippen molar-refractivity contribution in [2.45, 2.75) is 8.02 Å². The van der Waals surface area contributed by atoms with E-state index < -0.39 is 3.12 Å². The molecule has 1 aromatic rings. The molecular formula is C8H6Cl3NS2. The number of halogens is 3. The number of hydrogen-bond acceptors (Lipinski definition) is 3. The van der Waals surface area contributed by atoms with Gasteiger partial charge in [-0.3, -0.25) is 0 Å². The monoisotopic (exact) mass is 285 g/mol. The van der Waals surface area contributed by atoms with Gasteiger partial charge < -0.3 is 4.31 Å². The first kappa shape index (κ1) is 11.1. The molecule has 0 bridgehead atoms. The Labute approximate surface area is 106 Å². The van der Waals surface area contributed by atoms with Crippen LogP contribution in [0.15, 0.2) is 29.2 Å². The summed E-state index contributed by atoms with van der Waals surface area (Å²) in [5.41, 5.74) is 1.12. The molecule has 0 aromatic heterocycles. The number of para-hydroxylation sites is 1. The van der Waals surface area contributed by atoms with E-state index in [1.54, 1.807) is 11.8 Å². The summed E-state index contributed by atoms with van der Waals surface area (Å²) >= 11 is 20.1. The van der Waals surface area contributed by atoms with Crippen molar-refractivity contribution in [3.05, 3.63) is 24.3 Å². The molecule has 0 amide bonds. The second kappa shape index (κ2) is 4.22. The average molecular weight is 287 g/mol. The van der Waals surface area contributed by atoms with Gasteiger partial charge in [-0.1, -0.05) is 46.9 Å². The molecule has 1 heterocycles. The minimum atomic E-state index is -1.29. The van der Waals surface area contributed by atoms with Crippen molar-refractivity contribution in [2.24, 2.45) is 0 Å². The van der Waals surface area contributed by atoms with Crippen molar-refractivity contribution in [2.75, 3.05) is 10.2 Å². The van der Waals surface area contributed by atoms with Crippen LogP contribution in [-0.2, 0) is 0 Å². The van der Waals surface area contributed by atoms with Crippen molar-refractivity contribution in [3.8, 4) is 0 Å². The van der Waals surface area contributed by atoms with Crippen LogP contribution in [0.2, 0.25) is 0 Å². The molecule has 0 saturated carbocycles. The third kappa shape index (κ3) is 2.58. The number of anilines is 1. The maximum absolute atomic E-state index is 5.72. The molecule has 1 aliphatic heterocycles. The van der Waals surface area contributed by atoms with Gasteiger partial charge in [0.1, 0.15) is 0 Å². The standard InChI is InChI=1S/C8H6Cl3NS2/c9-8(10,11)14-12-5-13-7-4-2-1-3-6(7)12/h1-4H,5H2. The number of nitrogens with zero attached hydrogens (tertiary/aromatic N) is 1. The van der Waals surface area contributed by atoms with Gasteiger partial charge in [0.05, 0.1) is 11.6 Å². The highest BCUT2D eigenvalue weighted by molar-refractivity contribution is 8.08. The zero-order valence-electron chi connectivity index (χ0n) is 6.91. The molecule has 76 valence electrons. The van der Waals surface area contributed by atoms with Gasteiger partial charge in [-0.15, -0.1) is 11.8 Å². The molecule has 0 atom stereocenters. The van der Waals surface area contributed by atoms with Crippen LogP contribution in [0, 0.1) is 0 Å². The molecule has 0 radical (unpaired) electrons. The van der Waals surface area contributed by atoms with Gasteiger partial charge in [0, 0.05) is 16.8 Å². The molecule has 6 heteroatoms. The van der Waals surface area contributed by atoms with Gasteiger partial charge >= 0.3 is 0 Å². The lowest BCUT2D eigenvalue weighted by Gasteiger charge is -2.20. The summed E-state index contributed by atoms with van der Waals surface area (Å²) in [4.78, 5) is 1.23. The van der Waals surface area contributed by atoms with Crippen LogP contribution in [0.4, 0.5) is 5.69 Å². The molecule has 0 N–H and O–H groups in total. The van der Waals surface area contributed by atoms with Crippen LogP contribution in [0.1, 0.15) is 0 Å². The largest absolute Gasteiger partial charge is 0.301 e. The fourth-order valence-electron chi connectivity index (χ4n) is 1.18. The van der Waals surface area contributed by atoms with E-state index in [1.807, 2.05) is 22.5 Å². The van der Waals surface area contributed by atoms with Crippen molar-refractivity contribution in [1.29, 1.82) is 0 Å². The second-order valence-corrected chi connectivity index (χ2v) is 7.83. The first-order valence-electron chi connectivity index (χ1n) is 3.81. The molecular weight excluding hydrogens is 281 g/mol. The summed E-state index contributed by atoms with van der Waals surface area (Å²) in [6.07, 6.45) is 0. The number of hydrogen-bond donors (Lipinski definition) is 0. The van der Waals surface area contributed by atoms with Crippen LogP contribution in [0.5, 0.6) is 0 Å². The second-order valence-electron chi connectivity index (χ2n) is 2.66. The molecule has 0 unspecified atom stereocenters. The van der Waals surface area contributed by atoms with E-state index in [0.717, 1.165) is 11.6 Å². The molecule has 0 aliphatic carbocycles. The molecule has 0 spiro atoms. The molecule has 1 nitrogen and oxygen atoms in total. The van der Waals surface area contributed by atoms with Crippen LogP contribution in [-0.4, -0.2) is 9.00 Å². The number of alkyl halides is 3. The SMILES string of the molecule is ClC(Cl)(Cl)SN1CSc2ccccc21.